The number of piperidine rings is 1. The van der Waals surface area contributed by atoms with Crippen molar-refractivity contribution in [2.45, 2.75) is 50.7 Å². The van der Waals surface area contributed by atoms with Crippen molar-refractivity contribution in [3.05, 3.63) is 0 Å². The summed E-state index contributed by atoms with van der Waals surface area (Å²) < 4.78 is 0. The fraction of sp³-hybridized carbons (Fsp3) is 0.846. The molecule has 3 atom stereocenters. The van der Waals surface area contributed by atoms with Gasteiger partial charge in [-0.1, -0.05) is 12.8 Å². The number of carboxylic acids is 1. The van der Waals surface area contributed by atoms with Crippen LogP contribution in [-0.2, 0) is 4.79 Å². The Morgan fingerprint density at radius 2 is 1.89 bits per heavy atom. The highest BCUT2D eigenvalue weighted by Crippen LogP contribution is 2.35. The zero-order valence-corrected chi connectivity index (χ0v) is 11.0. The van der Waals surface area contributed by atoms with Crippen LogP contribution in [0.2, 0.25) is 0 Å². The molecule has 1 aliphatic heterocycles. The molecule has 0 radical (unpaired) electrons. The van der Waals surface area contributed by atoms with Crippen LogP contribution in [0.15, 0.2) is 0 Å². The number of aliphatic carboxylic acids is 1. The van der Waals surface area contributed by atoms with E-state index in [4.69, 9.17) is 5.11 Å². The highest BCUT2D eigenvalue weighted by Gasteiger charge is 2.35. The lowest BCUT2D eigenvalue weighted by Gasteiger charge is -2.44. The van der Waals surface area contributed by atoms with Gasteiger partial charge in [0.05, 0.1) is 6.54 Å². The number of amides is 2. The topological polar surface area (TPSA) is 89.9 Å². The van der Waals surface area contributed by atoms with Crippen molar-refractivity contribution >= 4 is 12.0 Å². The standard InChI is InChI=1S/C13H22N2O4/c16-11(12(17)18)8-14-13(19)15-7-3-5-9-4-1-2-6-10(9)15/h9-11,16H,1-8H2,(H,14,19)(H,17,18)/t9-,10-,11+/m1/s1. The largest absolute Gasteiger partial charge is 0.479 e. The predicted molar refractivity (Wildman–Crippen MR) is 68.7 cm³/mol. The summed E-state index contributed by atoms with van der Waals surface area (Å²) in [6, 6.07) is 0.0568. The minimum absolute atomic E-state index is 0.234. The molecule has 0 bridgehead atoms. The number of urea groups is 1. The highest BCUT2D eigenvalue weighted by molar-refractivity contribution is 5.77. The molecule has 6 nitrogen and oxygen atoms in total. The quantitative estimate of drug-likeness (QED) is 0.707. The summed E-state index contributed by atoms with van der Waals surface area (Å²) in [7, 11) is 0. The summed E-state index contributed by atoms with van der Waals surface area (Å²) in [6.45, 7) is 0.498. The summed E-state index contributed by atoms with van der Waals surface area (Å²) in [5, 5.41) is 20.3. The van der Waals surface area contributed by atoms with E-state index in [1.165, 1.54) is 19.3 Å². The first-order chi connectivity index (χ1) is 9.09. The number of fused-ring (bicyclic) bond motifs is 1. The van der Waals surface area contributed by atoms with E-state index >= 15 is 0 Å². The number of aliphatic hydroxyl groups excluding tert-OH is 1. The number of rotatable bonds is 3. The molecule has 0 aromatic rings. The van der Waals surface area contributed by atoms with E-state index in [-0.39, 0.29) is 12.6 Å². The Balaban J connectivity index is 1.88. The molecule has 1 aliphatic carbocycles. The molecule has 2 rings (SSSR count). The van der Waals surface area contributed by atoms with Crippen LogP contribution in [0, 0.1) is 5.92 Å². The third kappa shape index (κ3) is 3.37. The highest BCUT2D eigenvalue weighted by atomic mass is 16.4. The Morgan fingerprint density at radius 1 is 1.21 bits per heavy atom. The molecule has 2 aliphatic rings. The monoisotopic (exact) mass is 270 g/mol. The molecule has 1 saturated carbocycles. The van der Waals surface area contributed by atoms with Crippen molar-refractivity contribution < 1.29 is 19.8 Å². The Labute approximate surface area is 112 Å². The summed E-state index contributed by atoms with van der Waals surface area (Å²) >= 11 is 0. The zero-order valence-electron chi connectivity index (χ0n) is 11.0. The molecule has 2 fully saturated rings. The molecule has 0 aromatic heterocycles. The molecule has 1 heterocycles. The maximum Gasteiger partial charge on any atom is 0.334 e. The molecule has 0 aromatic carbocycles. The number of hydrogen-bond donors (Lipinski definition) is 3. The average Bonchev–Trinajstić information content (AvgIpc) is 2.43. The normalized spacial score (nSPS) is 28.4. The fourth-order valence-electron chi connectivity index (χ4n) is 3.25. The van der Waals surface area contributed by atoms with Gasteiger partial charge in [-0.15, -0.1) is 0 Å². The van der Waals surface area contributed by atoms with Crippen LogP contribution in [0.3, 0.4) is 0 Å². The van der Waals surface area contributed by atoms with Gasteiger partial charge in [-0.2, -0.15) is 0 Å². The molecule has 3 N–H and O–H groups in total. The first kappa shape index (κ1) is 14.1. The van der Waals surface area contributed by atoms with E-state index in [9.17, 15) is 14.7 Å². The maximum absolute atomic E-state index is 12.1. The van der Waals surface area contributed by atoms with E-state index in [1.54, 1.807) is 0 Å². The molecule has 2 amide bonds. The second kappa shape index (κ2) is 6.23. The Morgan fingerprint density at radius 3 is 2.63 bits per heavy atom. The second-order valence-electron chi connectivity index (χ2n) is 5.49. The van der Waals surface area contributed by atoms with Gasteiger partial charge >= 0.3 is 12.0 Å². The van der Waals surface area contributed by atoms with Gasteiger partial charge in [0.1, 0.15) is 0 Å². The molecule has 1 saturated heterocycles. The lowest BCUT2D eigenvalue weighted by atomic mass is 9.78. The minimum atomic E-state index is -1.53. The smallest absolute Gasteiger partial charge is 0.334 e. The van der Waals surface area contributed by atoms with Crippen molar-refractivity contribution in [3.8, 4) is 0 Å². The Kier molecular flexibility index (Phi) is 4.63. The number of hydrogen-bond acceptors (Lipinski definition) is 3. The van der Waals surface area contributed by atoms with Gasteiger partial charge in [0, 0.05) is 12.6 Å². The maximum atomic E-state index is 12.1. The third-order valence-electron chi connectivity index (χ3n) is 4.24. The molecule has 108 valence electrons. The Hall–Kier alpha value is -1.30. The van der Waals surface area contributed by atoms with Gasteiger partial charge in [0.25, 0.3) is 0 Å². The summed E-state index contributed by atoms with van der Waals surface area (Å²) in [5.74, 6) is -0.716. The van der Waals surface area contributed by atoms with E-state index in [1.807, 2.05) is 4.90 Å². The molecule has 6 heteroatoms. The summed E-state index contributed by atoms with van der Waals surface area (Å²) in [4.78, 5) is 24.4. The number of aliphatic hydroxyl groups is 1. The molecule has 0 unspecified atom stereocenters. The fourth-order valence-corrected chi connectivity index (χ4v) is 3.25. The molecular weight excluding hydrogens is 248 g/mol. The predicted octanol–water partition coefficient (Wildman–Crippen LogP) is 0.796. The Bertz CT molecular complexity index is 346. The zero-order chi connectivity index (χ0) is 13.8. The van der Waals surface area contributed by atoms with Crippen LogP contribution in [0.5, 0.6) is 0 Å². The number of nitrogens with zero attached hydrogens (tertiary/aromatic N) is 1. The average molecular weight is 270 g/mol. The van der Waals surface area contributed by atoms with Gasteiger partial charge in [-0.05, 0) is 31.6 Å². The first-order valence-electron chi connectivity index (χ1n) is 7.05. The summed E-state index contributed by atoms with van der Waals surface area (Å²) in [6.07, 6.45) is 5.29. The van der Waals surface area contributed by atoms with Crippen LogP contribution in [0.25, 0.3) is 0 Å². The van der Waals surface area contributed by atoms with Gasteiger partial charge in [0.15, 0.2) is 6.10 Å². The van der Waals surface area contributed by atoms with Crippen LogP contribution >= 0.6 is 0 Å². The SMILES string of the molecule is O=C(O)[C@@H](O)CNC(=O)N1CCC[C@H]2CCCC[C@H]21. The van der Waals surface area contributed by atoms with Crippen molar-refractivity contribution in [1.29, 1.82) is 0 Å². The number of carbonyl (C=O) groups excluding carboxylic acids is 1. The van der Waals surface area contributed by atoms with Crippen LogP contribution < -0.4 is 5.32 Å². The van der Waals surface area contributed by atoms with Gasteiger partial charge in [-0.3, -0.25) is 0 Å². The van der Waals surface area contributed by atoms with Crippen LogP contribution in [0.4, 0.5) is 4.79 Å². The van der Waals surface area contributed by atoms with Crippen LogP contribution in [0.1, 0.15) is 38.5 Å². The second-order valence-corrected chi connectivity index (χ2v) is 5.49. The minimum Gasteiger partial charge on any atom is -0.479 e. The van der Waals surface area contributed by atoms with Crippen LogP contribution in [-0.4, -0.2) is 52.3 Å². The van der Waals surface area contributed by atoms with Gasteiger partial charge < -0.3 is 20.4 Å². The van der Waals surface area contributed by atoms with E-state index in [2.05, 4.69) is 5.32 Å². The lowest BCUT2D eigenvalue weighted by molar-refractivity contribution is -0.146. The first-order valence-corrected chi connectivity index (χ1v) is 7.05. The van der Waals surface area contributed by atoms with Crippen molar-refractivity contribution in [3.63, 3.8) is 0 Å². The summed E-state index contributed by atoms with van der Waals surface area (Å²) in [5.41, 5.74) is 0. The van der Waals surface area contributed by atoms with E-state index in [0.717, 1.165) is 25.8 Å². The van der Waals surface area contributed by atoms with Gasteiger partial charge in [-0.25, -0.2) is 9.59 Å². The third-order valence-corrected chi connectivity index (χ3v) is 4.24. The van der Waals surface area contributed by atoms with E-state index < -0.39 is 12.1 Å². The lowest BCUT2D eigenvalue weighted by Crippen LogP contribution is -2.54. The van der Waals surface area contributed by atoms with Crippen molar-refractivity contribution in [2.75, 3.05) is 13.1 Å². The number of carbonyl (C=O) groups is 2. The number of nitrogens with one attached hydrogen (secondary N) is 1. The van der Waals surface area contributed by atoms with Crippen molar-refractivity contribution in [1.82, 2.24) is 10.2 Å². The van der Waals surface area contributed by atoms with Gasteiger partial charge in [0.2, 0.25) is 0 Å². The molecular formula is C13H22N2O4. The molecule has 19 heavy (non-hydrogen) atoms. The van der Waals surface area contributed by atoms with E-state index in [0.29, 0.717) is 12.0 Å². The molecule has 0 spiro atoms. The van der Waals surface area contributed by atoms with Crippen molar-refractivity contribution in [2.24, 2.45) is 5.92 Å². The number of carboxylic acid groups (broad SMARTS) is 1. The number of likely N-dealkylation sites (tertiary alicyclic amines) is 1.